The van der Waals surface area contributed by atoms with E-state index in [-0.39, 0.29) is 11.0 Å². The molecule has 1 atom stereocenters. The topological polar surface area (TPSA) is 145 Å². The van der Waals surface area contributed by atoms with E-state index in [0.29, 0.717) is 28.0 Å². The van der Waals surface area contributed by atoms with Gasteiger partial charge in [-0.25, -0.2) is 14.1 Å². The van der Waals surface area contributed by atoms with E-state index in [4.69, 9.17) is 27.7 Å². The molecule has 0 spiro atoms. The molecule has 0 aliphatic carbocycles. The van der Waals surface area contributed by atoms with E-state index in [2.05, 4.69) is 30.8 Å². The van der Waals surface area contributed by atoms with Gasteiger partial charge < -0.3 is 16.8 Å². The fourth-order valence-electron chi connectivity index (χ4n) is 1.84. The molecule has 2 heterocycles. The van der Waals surface area contributed by atoms with Crippen LogP contribution in [0.1, 0.15) is 17.6 Å². The van der Waals surface area contributed by atoms with Gasteiger partial charge in [-0.15, -0.1) is 5.10 Å². The lowest BCUT2D eigenvalue weighted by Crippen LogP contribution is -2.21. The molecule has 3 aromatic rings. The Balaban J connectivity index is 1.68. The Labute approximate surface area is 144 Å². The molecule has 2 aromatic heterocycles. The molecule has 6 N–H and O–H groups in total. The Hall–Kier alpha value is -2.37. The Morgan fingerprint density at radius 1 is 1.42 bits per heavy atom. The maximum absolute atomic E-state index is 13.2. The zero-order valence-electron chi connectivity index (χ0n) is 12.0. The molecular formula is C12H12ClFN8OS. The third-order valence-electron chi connectivity index (χ3n) is 2.94. The first kappa shape index (κ1) is 16.5. The number of nitrogens with one attached hydrogen (secondary N) is 2. The molecule has 0 amide bonds. The van der Waals surface area contributed by atoms with Crippen LogP contribution in [-0.2, 0) is 5.75 Å². The van der Waals surface area contributed by atoms with Gasteiger partial charge in [-0.05, 0) is 18.2 Å². The SMILES string of the molecule is Nc1nc(SCc2nonc2C(N)Nc2ccc(F)c(Cl)c2)n[nH]1. The number of aromatic amines is 1. The minimum absolute atomic E-state index is 0.0107. The van der Waals surface area contributed by atoms with Crippen LogP contribution in [0.3, 0.4) is 0 Å². The van der Waals surface area contributed by atoms with Crippen LogP contribution in [0.25, 0.3) is 0 Å². The molecule has 0 fully saturated rings. The number of benzene rings is 1. The minimum atomic E-state index is -0.717. The van der Waals surface area contributed by atoms with Gasteiger partial charge >= 0.3 is 0 Å². The average Bonchev–Trinajstić information content (AvgIpc) is 3.17. The Morgan fingerprint density at radius 2 is 2.25 bits per heavy atom. The second-order valence-electron chi connectivity index (χ2n) is 4.64. The van der Waals surface area contributed by atoms with Crippen LogP contribution in [0.2, 0.25) is 5.02 Å². The van der Waals surface area contributed by atoms with Crippen LogP contribution in [0.15, 0.2) is 28.0 Å². The smallest absolute Gasteiger partial charge is 0.216 e. The molecule has 3 rings (SSSR count). The van der Waals surface area contributed by atoms with Crippen molar-refractivity contribution < 1.29 is 9.02 Å². The number of halogens is 2. The number of rotatable bonds is 6. The molecule has 0 bridgehead atoms. The summed E-state index contributed by atoms with van der Waals surface area (Å²) in [5.74, 6) is 0.0969. The van der Waals surface area contributed by atoms with Crippen molar-refractivity contribution >= 4 is 35.0 Å². The molecular weight excluding hydrogens is 359 g/mol. The van der Waals surface area contributed by atoms with Gasteiger partial charge in [-0.2, -0.15) is 4.98 Å². The Bertz CT molecular complexity index is 840. The summed E-state index contributed by atoms with van der Waals surface area (Å²) in [5.41, 5.74) is 13.0. The summed E-state index contributed by atoms with van der Waals surface area (Å²) in [7, 11) is 0. The molecule has 0 saturated heterocycles. The van der Waals surface area contributed by atoms with Gasteiger partial charge in [0.25, 0.3) is 0 Å². The zero-order chi connectivity index (χ0) is 17.1. The zero-order valence-corrected chi connectivity index (χ0v) is 13.6. The van der Waals surface area contributed by atoms with Crippen LogP contribution >= 0.6 is 23.4 Å². The number of H-pyrrole nitrogens is 1. The molecule has 9 nitrogen and oxygen atoms in total. The largest absolute Gasteiger partial charge is 0.368 e. The number of aromatic nitrogens is 5. The number of nitrogens with zero attached hydrogens (tertiary/aromatic N) is 4. The standard InChI is InChI=1S/C12H12ClFN8OS/c13-6-3-5(1-2-7(6)14)17-10(15)9-8(21-23-22-9)4-24-12-18-11(16)19-20-12/h1-3,10,17H,4,15H2,(H3,16,18,19,20). The lowest BCUT2D eigenvalue weighted by molar-refractivity contribution is 0.299. The molecule has 0 radical (unpaired) electrons. The van der Waals surface area contributed by atoms with E-state index in [1.54, 1.807) is 0 Å². The van der Waals surface area contributed by atoms with Crippen molar-refractivity contribution in [1.29, 1.82) is 0 Å². The van der Waals surface area contributed by atoms with Gasteiger partial charge in [-0.3, -0.25) is 0 Å². The fourth-order valence-corrected chi connectivity index (χ4v) is 2.76. The molecule has 24 heavy (non-hydrogen) atoms. The van der Waals surface area contributed by atoms with E-state index < -0.39 is 12.0 Å². The van der Waals surface area contributed by atoms with Crippen molar-refractivity contribution in [3.8, 4) is 0 Å². The monoisotopic (exact) mass is 370 g/mol. The molecule has 12 heteroatoms. The number of hydrogen-bond donors (Lipinski definition) is 4. The molecule has 0 saturated carbocycles. The van der Waals surface area contributed by atoms with Crippen LogP contribution in [0, 0.1) is 5.82 Å². The summed E-state index contributed by atoms with van der Waals surface area (Å²) in [6.07, 6.45) is -0.717. The van der Waals surface area contributed by atoms with Gasteiger partial charge in [0, 0.05) is 11.4 Å². The molecule has 0 aliphatic rings. The van der Waals surface area contributed by atoms with Crippen molar-refractivity contribution in [3.63, 3.8) is 0 Å². The van der Waals surface area contributed by atoms with Gasteiger partial charge in [0.1, 0.15) is 23.4 Å². The van der Waals surface area contributed by atoms with Gasteiger partial charge in [0.05, 0.1) is 5.02 Å². The van der Waals surface area contributed by atoms with E-state index in [9.17, 15) is 4.39 Å². The molecule has 0 aliphatic heterocycles. The van der Waals surface area contributed by atoms with Gasteiger partial charge in [0.15, 0.2) is 0 Å². The van der Waals surface area contributed by atoms with E-state index in [1.165, 1.54) is 30.0 Å². The summed E-state index contributed by atoms with van der Waals surface area (Å²) in [5, 5.41) is 17.5. The van der Waals surface area contributed by atoms with Gasteiger partial charge in [0.2, 0.25) is 11.1 Å². The van der Waals surface area contributed by atoms with E-state index in [0.717, 1.165) is 0 Å². The molecule has 126 valence electrons. The number of thioether (sulfide) groups is 1. The number of nitrogens with two attached hydrogens (primary N) is 2. The van der Waals surface area contributed by atoms with Crippen molar-refractivity contribution in [1.82, 2.24) is 25.5 Å². The third-order valence-corrected chi connectivity index (χ3v) is 4.09. The summed E-state index contributed by atoms with van der Waals surface area (Å²) < 4.78 is 17.9. The van der Waals surface area contributed by atoms with Crippen LogP contribution in [0.4, 0.5) is 16.0 Å². The quantitative estimate of drug-likeness (QED) is 0.377. The van der Waals surface area contributed by atoms with E-state index in [1.807, 2.05) is 0 Å². The summed E-state index contributed by atoms with van der Waals surface area (Å²) in [4.78, 5) is 3.97. The van der Waals surface area contributed by atoms with Crippen molar-refractivity contribution in [2.24, 2.45) is 5.73 Å². The molecule has 1 unspecified atom stereocenters. The summed E-state index contributed by atoms with van der Waals surface area (Å²) in [6, 6.07) is 4.18. The number of nitrogen functional groups attached to an aromatic ring is 1. The first-order valence-corrected chi connectivity index (χ1v) is 7.98. The normalized spacial score (nSPS) is 12.3. The lowest BCUT2D eigenvalue weighted by atomic mass is 10.2. The van der Waals surface area contributed by atoms with Crippen molar-refractivity contribution in [2.45, 2.75) is 17.1 Å². The van der Waals surface area contributed by atoms with E-state index >= 15 is 0 Å². The average molecular weight is 371 g/mol. The highest BCUT2D eigenvalue weighted by atomic mass is 35.5. The predicted molar refractivity (Wildman–Crippen MR) is 86.6 cm³/mol. The fraction of sp³-hybridized carbons (Fsp3) is 0.167. The third kappa shape index (κ3) is 3.75. The summed E-state index contributed by atoms with van der Waals surface area (Å²) >= 11 is 7.03. The second kappa shape index (κ2) is 7.03. The number of anilines is 2. The van der Waals surface area contributed by atoms with Crippen molar-refractivity contribution in [2.75, 3.05) is 11.1 Å². The Morgan fingerprint density at radius 3 is 2.96 bits per heavy atom. The van der Waals surface area contributed by atoms with Gasteiger partial charge in [-0.1, -0.05) is 33.7 Å². The lowest BCUT2D eigenvalue weighted by Gasteiger charge is -2.13. The number of hydrogen-bond acceptors (Lipinski definition) is 9. The highest BCUT2D eigenvalue weighted by molar-refractivity contribution is 7.98. The maximum Gasteiger partial charge on any atom is 0.216 e. The highest BCUT2D eigenvalue weighted by Gasteiger charge is 2.19. The Kier molecular flexibility index (Phi) is 4.83. The predicted octanol–water partition coefficient (Wildman–Crippen LogP) is 1.92. The first-order valence-electron chi connectivity index (χ1n) is 6.62. The maximum atomic E-state index is 13.2. The van der Waals surface area contributed by atoms with Crippen molar-refractivity contribution in [3.05, 3.63) is 40.4 Å². The van der Waals surface area contributed by atoms with Crippen LogP contribution < -0.4 is 16.8 Å². The van der Waals surface area contributed by atoms with Crippen LogP contribution in [-0.4, -0.2) is 25.5 Å². The molecule has 1 aromatic carbocycles. The first-order chi connectivity index (χ1) is 11.5. The van der Waals surface area contributed by atoms with Crippen LogP contribution in [0.5, 0.6) is 0 Å². The highest BCUT2D eigenvalue weighted by Crippen LogP contribution is 2.25. The second-order valence-corrected chi connectivity index (χ2v) is 5.99. The summed E-state index contributed by atoms with van der Waals surface area (Å²) in [6.45, 7) is 0. The minimum Gasteiger partial charge on any atom is -0.368 e.